The molecule has 0 radical (unpaired) electrons. The van der Waals surface area contributed by atoms with E-state index in [4.69, 9.17) is 0 Å². The minimum atomic E-state index is 0.189. The van der Waals surface area contributed by atoms with Gasteiger partial charge in [-0.2, -0.15) is 0 Å². The smallest absolute Gasteiger partial charge is 0.0452 e. The van der Waals surface area contributed by atoms with E-state index in [9.17, 15) is 0 Å². The fourth-order valence-corrected chi connectivity index (χ4v) is 2.79. The van der Waals surface area contributed by atoms with Gasteiger partial charge in [0.2, 0.25) is 0 Å². The second-order valence-electron chi connectivity index (χ2n) is 5.40. The van der Waals surface area contributed by atoms with E-state index in [1.165, 1.54) is 24.8 Å². The summed E-state index contributed by atoms with van der Waals surface area (Å²) in [5.41, 5.74) is 2.65. The molecule has 1 saturated heterocycles. The lowest BCUT2D eigenvalue weighted by atomic mass is 9.82. The molecule has 2 heteroatoms. The van der Waals surface area contributed by atoms with Gasteiger partial charge in [-0.15, -0.1) is 0 Å². The highest BCUT2D eigenvalue weighted by molar-refractivity contribution is 5.24. The van der Waals surface area contributed by atoms with Crippen molar-refractivity contribution < 1.29 is 0 Å². The first-order valence-electron chi connectivity index (χ1n) is 6.30. The monoisotopic (exact) mass is 218 g/mol. The van der Waals surface area contributed by atoms with E-state index in [-0.39, 0.29) is 5.54 Å². The highest BCUT2D eigenvalue weighted by Gasteiger charge is 2.35. The maximum Gasteiger partial charge on any atom is 0.0452 e. The average molecular weight is 218 g/mol. The maximum absolute atomic E-state index is 4.44. The zero-order valence-electron chi connectivity index (χ0n) is 10.6. The largest absolute Gasteiger partial charge is 0.307 e. The number of aryl methyl sites for hydroxylation is 1. The van der Waals surface area contributed by atoms with E-state index in [0.717, 1.165) is 12.2 Å². The van der Waals surface area contributed by atoms with Gasteiger partial charge < -0.3 is 5.32 Å². The van der Waals surface area contributed by atoms with Gasteiger partial charge >= 0.3 is 0 Å². The molecule has 0 spiro atoms. The summed E-state index contributed by atoms with van der Waals surface area (Å²) < 4.78 is 0. The molecule has 0 aliphatic carbocycles. The predicted molar refractivity (Wildman–Crippen MR) is 67.3 cm³/mol. The van der Waals surface area contributed by atoms with Gasteiger partial charge in [0.1, 0.15) is 0 Å². The van der Waals surface area contributed by atoms with Crippen LogP contribution in [0.5, 0.6) is 0 Å². The predicted octanol–water partition coefficient (Wildman–Crippen LogP) is 3.01. The Morgan fingerprint density at radius 1 is 1.44 bits per heavy atom. The number of nitrogens with zero attached hydrogens (tertiary/aromatic N) is 1. The minimum absolute atomic E-state index is 0.189. The lowest BCUT2D eigenvalue weighted by Crippen LogP contribution is -2.38. The van der Waals surface area contributed by atoms with Crippen LogP contribution in [-0.2, 0) is 5.54 Å². The van der Waals surface area contributed by atoms with Crippen molar-refractivity contribution in [3.63, 3.8) is 0 Å². The molecule has 1 aliphatic heterocycles. The summed E-state index contributed by atoms with van der Waals surface area (Å²) in [5.74, 6) is 0.715. The molecule has 1 fully saturated rings. The van der Waals surface area contributed by atoms with Crippen LogP contribution in [0.25, 0.3) is 0 Å². The third-order valence-corrected chi connectivity index (χ3v) is 3.46. The van der Waals surface area contributed by atoms with Gasteiger partial charge in [-0.25, -0.2) is 0 Å². The third kappa shape index (κ3) is 2.27. The molecule has 1 unspecified atom stereocenters. The van der Waals surface area contributed by atoms with Gasteiger partial charge in [0, 0.05) is 17.4 Å². The van der Waals surface area contributed by atoms with E-state index < -0.39 is 0 Å². The Balaban J connectivity index is 2.28. The normalized spacial score (nSPS) is 25.2. The summed E-state index contributed by atoms with van der Waals surface area (Å²) in [6.45, 7) is 7.77. The van der Waals surface area contributed by atoms with Crippen molar-refractivity contribution in [3.8, 4) is 0 Å². The number of hydrogen-bond acceptors (Lipinski definition) is 2. The number of nitrogens with one attached hydrogen (secondary N) is 1. The van der Waals surface area contributed by atoms with Gasteiger partial charge in [-0.05, 0) is 50.3 Å². The first-order chi connectivity index (χ1) is 7.62. The quantitative estimate of drug-likeness (QED) is 0.843. The molecule has 0 aromatic carbocycles. The van der Waals surface area contributed by atoms with Crippen molar-refractivity contribution in [3.05, 3.63) is 29.6 Å². The highest BCUT2D eigenvalue weighted by Crippen LogP contribution is 2.36. The maximum atomic E-state index is 4.44. The number of aromatic nitrogens is 1. The van der Waals surface area contributed by atoms with Crippen LogP contribution in [0.4, 0.5) is 0 Å². The summed E-state index contributed by atoms with van der Waals surface area (Å²) in [7, 11) is 0. The van der Waals surface area contributed by atoms with Crippen molar-refractivity contribution >= 4 is 0 Å². The number of hydrogen-bond donors (Lipinski definition) is 1. The zero-order valence-corrected chi connectivity index (χ0v) is 10.6. The summed E-state index contributed by atoms with van der Waals surface area (Å²) >= 11 is 0. The lowest BCUT2D eigenvalue weighted by molar-refractivity contribution is 0.310. The van der Waals surface area contributed by atoms with Crippen LogP contribution in [0.15, 0.2) is 18.3 Å². The van der Waals surface area contributed by atoms with E-state index in [2.05, 4.69) is 42.5 Å². The standard InChI is InChI=1S/C14H22N2/c1-11(2)9-14(7-4-8-16-14)13-6-5-12(3)15-10-13/h5-6,10-11,16H,4,7-9H2,1-3H3. The molecule has 0 bridgehead atoms. The van der Waals surface area contributed by atoms with Gasteiger partial charge in [0.05, 0.1) is 0 Å². The van der Waals surface area contributed by atoms with E-state index >= 15 is 0 Å². The molecule has 1 aromatic rings. The minimum Gasteiger partial charge on any atom is -0.307 e. The molecule has 2 nitrogen and oxygen atoms in total. The Hall–Kier alpha value is -0.890. The third-order valence-electron chi connectivity index (χ3n) is 3.46. The lowest BCUT2D eigenvalue weighted by Gasteiger charge is -2.31. The molecule has 0 amide bonds. The van der Waals surface area contributed by atoms with Gasteiger partial charge in [0.15, 0.2) is 0 Å². The van der Waals surface area contributed by atoms with Crippen molar-refractivity contribution in [2.75, 3.05) is 6.54 Å². The summed E-state index contributed by atoms with van der Waals surface area (Å²) in [6.07, 6.45) is 5.78. The van der Waals surface area contributed by atoms with Gasteiger partial charge in [-0.3, -0.25) is 4.98 Å². The molecular weight excluding hydrogens is 196 g/mol. The van der Waals surface area contributed by atoms with Crippen molar-refractivity contribution in [2.45, 2.75) is 45.6 Å². The fraction of sp³-hybridized carbons (Fsp3) is 0.643. The molecule has 0 saturated carbocycles. The van der Waals surface area contributed by atoms with E-state index in [0.29, 0.717) is 5.92 Å². The van der Waals surface area contributed by atoms with Crippen LogP contribution >= 0.6 is 0 Å². The first kappa shape index (κ1) is 11.6. The zero-order chi connectivity index (χ0) is 11.6. The molecule has 1 aliphatic rings. The Labute approximate surface area is 98.5 Å². The molecule has 16 heavy (non-hydrogen) atoms. The summed E-state index contributed by atoms with van der Waals surface area (Å²) in [5, 5.41) is 3.70. The molecule has 1 aromatic heterocycles. The Morgan fingerprint density at radius 2 is 2.25 bits per heavy atom. The highest BCUT2D eigenvalue weighted by atomic mass is 15.0. The van der Waals surface area contributed by atoms with Crippen LogP contribution < -0.4 is 5.32 Å². The molecular formula is C14H22N2. The SMILES string of the molecule is Cc1ccc(C2(CC(C)C)CCCN2)cn1. The topological polar surface area (TPSA) is 24.9 Å². The molecule has 2 rings (SSSR count). The summed E-state index contributed by atoms with van der Waals surface area (Å²) in [6, 6.07) is 4.36. The fourth-order valence-electron chi connectivity index (χ4n) is 2.79. The van der Waals surface area contributed by atoms with Crippen LogP contribution in [0.1, 0.15) is 44.4 Å². The van der Waals surface area contributed by atoms with Crippen LogP contribution in [0.2, 0.25) is 0 Å². The van der Waals surface area contributed by atoms with Crippen molar-refractivity contribution in [1.29, 1.82) is 0 Å². The van der Waals surface area contributed by atoms with Gasteiger partial charge in [-0.1, -0.05) is 19.9 Å². The average Bonchev–Trinajstić information content (AvgIpc) is 2.67. The van der Waals surface area contributed by atoms with Crippen LogP contribution in [-0.4, -0.2) is 11.5 Å². The van der Waals surface area contributed by atoms with Crippen LogP contribution in [0.3, 0.4) is 0 Å². The number of rotatable bonds is 3. The van der Waals surface area contributed by atoms with Crippen LogP contribution in [0, 0.1) is 12.8 Å². The first-order valence-corrected chi connectivity index (χ1v) is 6.30. The van der Waals surface area contributed by atoms with Gasteiger partial charge in [0.25, 0.3) is 0 Å². The second kappa shape index (κ2) is 4.54. The second-order valence-corrected chi connectivity index (χ2v) is 5.40. The Bertz CT molecular complexity index is 334. The summed E-state index contributed by atoms with van der Waals surface area (Å²) in [4.78, 5) is 4.44. The molecule has 88 valence electrons. The van der Waals surface area contributed by atoms with Crippen molar-refractivity contribution in [1.82, 2.24) is 10.3 Å². The van der Waals surface area contributed by atoms with E-state index in [1.54, 1.807) is 0 Å². The van der Waals surface area contributed by atoms with E-state index in [1.807, 2.05) is 6.92 Å². The Morgan fingerprint density at radius 3 is 2.75 bits per heavy atom. The Kier molecular flexibility index (Phi) is 3.29. The van der Waals surface area contributed by atoms with Crippen molar-refractivity contribution in [2.24, 2.45) is 5.92 Å². The molecule has 1 N–H and O–H groups in total. The molecule has 2 heterocycles. The number of pyridine rings is 1. The molecule has 1 atom stereocenters.